The molecule has 12 heteroatoms. The predicted molar refractivity (Wildman–Crippen MR) is 145 cm³/mol. The normalized spacial score (nSPS) is 18.8. The van der Waals surface area contributed by atoms with E-state index < -0.39 is 52.7 Å². The summed E-state index contributed by atoms with van der Waals surface area (Å²) in [6.07, 6.45) is -4.81. The van der Waals surface area contributed by atoms with Gasteiger partial charge in [0.05, 0.1) is 22.7 Å². The molecule has 1 aromatic carbocycles. The largest absolute Gasteiger partial charge is 0.444 e. The quantitative estimate of drug-likeness (QED) is 0.354. The van der Waals surface area contributed by atoms with Crippen molar-refractivity contribution in [3.63, 3.8) is 0 Å². The van der Waals surface area contributed by atoms with Crippen molar-refractivity contribution < 1.29 is 40.7 Å². The molecule has 4 rings (SSSR count). The molecule has 2 heterocycles. The van der Waals surface area contributed by atoms with Crippen molar-refractivity contribution in [2.24, 2.45) is 0 Å². The number of ether oxygens (including phenoxy) is 1. The Kier molecular flexibility index (Phi) is 8.95. The first-order valence-electron chi connectivity index (χ1n) is 14.2. The lowest BCUT2D eigenvalue weighted by Gasteiger charge is -2.30. The molecule has 1 aliphatic carbocycles. The third-order valence-corrected chi connectivity index (χ3v) is 7.88. The first kappa shape index (κ1) is 31.7. The minimum absolute atomic E-state index is 0.0232. The zero-order chi connectivity index (χ0) is 31.0. The molecule has 2 amide bonds. The van der Waals surface area contributed by atoms with Crippen LogP contribution in [0.25, 0.3) is 11.3 Å². The van der Waals surface area contributed by atoms with E-state index in [0.717, 1.165) is 32.1 Å². The van der Waals surface area contributed by atoms with Crippen LogP contribution >= 0.6 is 0 Å². The first-order valence-corrected chi connectivity index (χ1v) is 14.2. The molecule has 2 aliphatic rings. The van der Waals surface area contributed by atoms with Crippen LogP contribution in [0.3, 0.4) is 0 Å². The van der Waals surface area contributed by atoms with E-state index in [-0.39, 0.29) is 23.8 Å². The molecule has 232 valence electrons. The fraction of sp³-hybridized carbons (Fsp3) is 0.600. The molecule has 1 aliphatic heterocycles. The van der Waals surface area contributed by atoms with Gasteiger partial charge in [-0.3, -0.25) is 4.79 Å². The standard InChI is InChI=1S/C30H37F6N3O3/c1-18-22(26(40)37-20-9-6-5-7-10-20)16-25(23-15-19(29(31,32)33)12-13-24(23)30(34,35)36)39(18)17-21-11-8-14-38(21)27(41)42-28(2,3)4/h12-13,15-16,20-21H,5-11,14,17H2,1-4H3,(H,37,40)/t21-/m1/s1. The number of rotatable bonds is 5. The van der Waals surface area contributed by atoms with Crippen LogP contribution in [0.15, 0.2) is 24.3 Å². The SMILES string of the molecule is Cc1c(C(=O)NC2CCCCC2)cc(-c2cc(C(F)(F)F)ccc2C(F)(F)F)n1C[C@H]1CCCN1C(=O)OC(C)(C)C. The van der Waals surface area contributed by atoms with Gasteiger partial charge in [-0.25, -0.2) is 4.79 Å². The van der Waals surface area contributed by atoms with Crippen LogP contribution in [-0.4, -0.2) is 45.7 Å². The van der Waals surface area contributed by atoms with Crippen molar-refractivity contribution in [2.75, 3.05) is 6.54 Å². The van der Waals surface area contributed by atoms with Crippen LogP contribution in [-0.2, 0) is 23.6 Å². The number of nitrogens with zero attached hydrogens (tertiary/aromatic N) is 2. The minimum atomic E-state index is -4.96. The maximum atomic E-state index is 14.2. The summed E-state index contributed by atoms with van der Waals surface area (Å²) in [5.41, 5.74) is -3.72. The Morgan fingerprint density at radius 3 is 2.19 bits per heavy atom. The number of alkyl halides is 6. The Morgan fingerprint density at radius 1 is 0.929 bits per heavy atom. The van der Waals surface area contributed by atoms with Gasteiger partial charge in [0.2, 0.25) is 0 Å². The second-order valence-electron chi connectivity index (χ2n) is 12.2. The maximum Gasteiger partial charge on any atom is 0.417 e. The Bertz CT molecular complexity index is 1300. The second-order valence-corrected chi connectivity index (χ2v) is 12.2. The third-order valence-electron chi connectivity index (χ3n) is 7.88. The minimum Gasteiger partial charge on any atom is -0.444 e. The average molecular weight is 602 g/mol. The zero-order valence-corrected chi connectivity index (χ0v) is 24.2. The van der Waals surface area contributed by atoms with Crippen LogP contribution in [0.1, 0.15) is 92.9 Å². The summed E-state index contributed by atoms with van der Waals surface area (Å²) in [6.45, 7) is 7.05. The molecule has 1 saturated heterocycles. The number of halogens is 6. The second kappa shape index (κ2) is 11.8. The molecule has 2 aromatic rings. The number of amides is 2. The summed E-state index contributed by atoms with van der Waals surface area (Å²) >= 11 is 0. The lowest BCUT2D eigenvalue weighted by molar-refractivity contribution is -0.141. The molecule has 2 fully saturated rings. The fourth-order valence-electron chi connectivity index (χ4n) is 5.82. The van der Waals surface area contributed by atoms with E-state index >= 15 is 0 Å². The van der Waals surface area contributed by atoms with Crippen LogP contribution in [0.2, 0.25) is 0 Å². The summed E-state index contributed by atoms with van der Waals surface area (Å²) in [5.74, 6) is -0.490. The highest BCUT2D eigenvalue weighted by molar-refractivity contribution is 5.97. The number of aromatic nitrogens is 1. The van der Waals surface area contributed by atoms with Gasteiger partial charge in [-0.2, -0.15) is 26.3 Å². The average Bonchev–Trinajstić information content (AvgIpc) is 3.47. The molecule has 42 heavy (non-hydrogen) atoms. The number of nitrogens with one attached hydrogen (secondary N) is 1. The molecule has 1 N–H and O–H groups in total. The molecule has 1 atom stereocenters. The third kappa shape index (κ3) is 7.23. The monoisotopic (exact) mass is 601 g/mol. The zero-order valence-electron chi connectivity index (χ0n) is 24.2. The highest BCUT2D eigenvalue weighted by Gasteiger charge is 2.39. The van der Waals surface area contributed by atoms with E-state index in [1.807, 2.05) is 0 Å². The van der Waals surface area contributed by atoms with Crippen molar-refractivity contribution in [1.29, 1.82) is 0 Å². The maximum absolute atomic E-state index is 14.2. The summed E-state index contributed by atoms with van der Waals surface area (Å²) < 4.78 is 90.5. The smallest absolute Gasteiger partial charge is 0.417 e. The van der Waals surface area contributed by atoms with Crippen LogP contribution in [0.5, 0.6) is 0 Å². The molecule has 0 radical (unpaired) electrons. The molecule has 0 unspecified atom stereocenters. The van der Waals surface area contributed by atoms with Gasteiger partial charge in [0.15, 0.2) is 0 Å². The molecular weight excluding hydrogens is 564 g/mol. The van der Waals surface area contributed by atoms with Gasteiger partial charge < -0.3 is 19.5 Å². The van der Waals surface area contributed by atoms with Crippen molar-refractivity contribution in [3.8, 4) is 11.3 Å². The number of benzene rings is 1. The molecule has 0 bridgehead atoms. The van der Waals surface area contributed by atoms with E-state index in [1.165, 1.54) is 15.5 Å². The van der Waals surface area contributed by atoms with Gasteiger partial charge >= 0.3 is 18.4 Å². The number of carbonyl (C=O) groups is 2. The fourth-order valence-corrected chi connectivity index (χ4v) is 5.82. The lowest BCUT2D eigenvalue weighted by Crippen LogP contribution is -2.41. The van der Waals surface area contributed by atoms with E-state index in [1.54, 1.807) is 27.7 Å². The van der Waals surface area contributed by atoms with Gasteiger partial charge in [-0.05, 0) is 77.6 Å². The van der Waals surface area contributed by atoms with Gasteiger partial charge in [0.25, 0.3) is 5.91 Å². The number of hydrogen-bond donors (Lipinski definition) is 1. The molecule has 0 spiro atoms. The first-order chi connectivity index (χ1) is 19.5. The number of carbonyl (C=O) groups excluding carboxylic acids is 2. The highest BCUT2D eigenvalue weighted by Crippen LogP contribution is 2.42. The van der Waals surface area contributed by atoms with Gasteiger partial charge in [0, 0.05) is 36.1 Å². The number of hydrogen-bond acceptors (Lipinski definition) is 3. The Balaban J connectivity index is 1.82. The van der Waals surface area contributed by atoms with E-state index in [4.69, 9.17) is 4.74 Å². The molecule has 1 aromatic heterocycles. The van der Waals surface area contributed by atoms with Crippen LogP contribution in [0.4, 0.5) is 31.1 Å². The summed E-state index contributed by atoms with van der Waals surface area (Å²) in [6, 6.07) is 1.97. The highest BCUT2D eigenvalue weighted by atomic mass is 19.4. The van der Waals surface area contributed by atoms with Gasteiger partial charge in [-0.15, -0.1) is 0 Å². The topological polar surface area (TPSA) is 63.6 Å². The van der Waals surface area contributed by atoms with Gasteiger partial charge in [0.1, 0.15) is 5.60 Å². The molecule has 1 saturated carbocycles. The Labute approximate surface area is 241 Å². The molecular formula is C30H37F6N3O3. The van der Waals surface area contributed by atoms with E-state index in [0.29, 0.717) is 43.3 Å². The van der Waals surface area contributed by atoms with Crippen molar-refractivity contribution >= 4 is 12.0 Å². The summed E-state index contributed by atoms with van der Waals surface area (Å²) in [5, 5.41) is 2.96. The van der Waals surface area contributed by atoms with Crippen molar-refractivity contribution in [1.82, 2.24) is 14.8 Å². The number of likely N-dealkylation sites (tertiary alicyclic amines) is 1. The van der Waals surface area contributed by atoms with Crippen LogP contribution in [0, 0.1) is 6.92 Å². The van der Waals surface area contributed by atoms with Crippen molar-refractivity contribution in [3.05, 3.63) is 46.6 Å². The van der Waals surface area contributed by atoms with E-state index in [2.05, 4.69) is 5.32 Å². The van der Waals surface area contributed by atoms with Crippen molar-refractivity contribution in [2.45, 2.75) is 109 Å². The Hall–Kier alpha value is -3.18. The summed E-state index contributed by atoms with van der Waals surface area (Å²) in [4.78, 5) is 27.8. The van der Waals surface area contributed by atoms with E-state index in [9.17, 15) is 35.9 Å². The van der Waals surface area contributed by atoms with Crippen LogP contribution < -0.4 is 5.32 Å². The lowest BCUT2D eigenvalue weighted by atomic mass is 9.95. The Morgan fingerprint density at radius 2 is 1.60 bits per heavy atom. The molecule has 6 nitrogen and oxygen atoms in total. The van der Waals surface area contributed by atoms with Gasteiger partial charge in [-0.1, -0.05) is 19.3 Å². The predicted octanol–water partition coefficient (Wildman–Crippen LogP) is 7.96. The summed E-state index contributed by atoms with van der Waals surface area (Å²) in [7, 11) is 0.